The largest absolute Gasteiger partial charge is 0.490 e. The predicted molar refractivity (Wildman–Crippen MR) is 78.7 cm³/mol. The molecule has 2 amide bonds. The number of carbonyl (C=O) groups excluding carboxylic acids is 2. The zero-order chi connectivity index (χ0) is 16.7. The number of hydrazone groups is 1. The number of nitro benzene ring substituents is 1. The molecule has 2 N–H and O–H groups in total. The van der Waals surface area contributed by atoms with E-state index in [0.29, 0.717) is 5.56 Å². The maximum Gasteiger partial charge on any atom is 0.329 e. The smallest absolute Gasteiger partial charge is 0.329 e. The van der Waals surface area contributed by atoms with E-state index in [9.17, 15) is 19.7 Å². The van der Waals surface area contributed by atoms with Crippen LogP contribution in [0.4, 0.5) is 5.69 Å². The van der Waals surface area contributed by atoms with Crippen molar-refractivity contribution in [3.8, 4) is 5.75 Å². The first-order valence-corrected chi connectivity index (χ1v) is 6.31. The Morgan fingerprint density at radius 2 is 2.05 bits per heavy atom. The molecule has 0 atom stereocenters. The highest BCUT2D eigenvalue weighted by Gasteiger charge is 2.15. The zero-order valence-electron chi connectivity index (χ0n) is 12.3. The number of hydrogen-bond donors (Lipinski definition) is 2. The quantitative estimate of drug-likeness (QED) is 0.356. The number of methoxy groups -OCH3 is 1. The maximum atomic E-state index is 11.4. The minimum absolute atomic E-state index is 0.113. The maximum absolute atomic E-state index is 11.4. The van der Waals surface area contributed by atoms with Crippen molar-refractivity contribution in [1.29, 1.82) is 0 Å². The van der Waals surface area contributed by atoms with Crippen LogP contribution in [-0.4, -0.2) is 36.1 Å². The normalized spacial score (nSPS) is 10.5. The number of nitrogens with zero attached hydrogens (tertiary/aromatic N) is 2. The number of nitrogens with one attached hydrogen (secondary N) is 2. The predicted octanol–water partition coefficient (Wildman–Crippen LogP) is 0.578. The molecule has 0 radical (unpaired) electrons. The second-order valence-corrected chi connectivity index (χ2v) is 4.52. The Bertz CT molecular complexity index is 612. The molecule has 1 aromatic carbocycles. The van der Waals surface area contributed by atoms with Gasteiger partial charge < -0.3 is 10.1 Å². The van der Waals surface area contributed by atoms with Crippen LogP contribution in [0.3, 0.4) is 0 Å². The molecule has 1 rings (SSSR count). The van der Waals surface area contributed by atoms with E-state index in [-0.39, 0.29) is 17.5 Å². The molecule has 1 aromatic rings. The van der Waals surface area contributed by atoms with Gasteiger partial charge in [-0.05, 0) is 26.0 Å². The second-order valence-electron chi connectivity index (χ2n) is 4.52. The van der Waals surface area contributed by atoms with Gasteiger partial charge in [0.05, 0.1) is 18.2 Å². The topological polar surface area (TPSA) is 123 Å². The van der Waals surface area contributed by atoms with Gasteiger partial charge in [-0.15, -0.1) is 0 Å². The number of carbonyl (C=O) groups is 2. The van der Waals surface area contributed by atoms with Gasteiger partial charge in [0.2, 0.25) is 0 Å². The molecule has 0 aliphatic rings. The average molecular weight is 308 g/mol. The molecule has 0 fully saturated rings. The van der Waals surface area contributed by atoms with Gasteiger partial charge in [-0.1, -0.05) is 0 Å². The molecule has 0 heterocycles. The van der Waals surface area contributed by atoms with Gasteiger partial charge in [-0.25, -0.2) is 5.43 Å². The molecule has 0 saturated heterocycles. The van der Waals surface area contributed by atoms with Crippen LogP contribution in [-0.2, 0) is 9.59 Å². The van der Waals surface area contributed by atoms with Gasteiger partial charge >= 0.3 is 17.5 Å². The molecule has 0 unspecified atom stereocenters. The summed E-state index contributed by atoms with van der Waals surface area (Å²) in [4.78, 5) is 33.0. The van der Waals surface area contributed by atoms with Crippen LogP contribution >= 0.6 is 0 Å². The summed E-state index contributed by atoms with van der Waals surface area (Å²) in [6.45, 7) is 3.43. The average Bonchev–Trinajstić information content (AvgIpc) is 2.46. The van der Waals surface area contributed by atoms with Crippen LogP contribution in [0.5, 0.6) is 5.75 Å². The van der Waals surface area contributed by atoms with Gasteiger partial charge in [0.25, 0.3) is 0 Å². The van der Waals surface area contributed by atoms with E-state index in [2.05, 4.69) is 10.4 Å². The molecule has 0 aliphatic heterocycles. The number of nitro groups is 1. The molecule has 0 aliphatic carbocycles. The third kappa shape index (κ3) is 4.85. The summed E-state index contributed by atoms with van der Waals surface area (Å²) in [5, 5.41) is 16.8. The van der Waals surface area contributed by atoms with Crippen LogP contribution in [0.15, 0.2) is 23.3 Å². The first-order valence-electron chi connectivity index (χ1n) is 6.31. The lowest BCUT2D eigenvalue weighted by Crippen LogP contribution is -2.41. The van der Waals surface area contributed by atoms with Crippen LogP contribution in [0.1, 0.15) is 19.4 Å². The molecular weight excluding hydrogens is 292 g/mol. The molecule has 118 valence electrons. The molecule has 22 heavy (non-hydrogen) atoms. The third-order valence-corrected chi connectivity index (χ3v) is 2.41. The summed E-state index contributed by atoms with van der Waals surface area (Å²) >= 11 is 0. The van der Waals surface area contributed by atoms with Crippen LogP contribution in [0.25, 0.3) is 0 Å². The van der Waals surface area contributed by atoms with Crippen molar-refractivity contribution in [3.05, 3.63) is 33.9 Å². The standard InChI is InChI=1S/C13H16N4O5/c1-8(2)15-12(18)13(19)16-14-7-9-4-5-11(22-3)10(6-9)17(20)21/h4-8H,1-3H3,(H,15,18)(H,16,19)/b14-7+. The minimum Gasteiger partial charge on any atom is -0.490 e. The lowest BCUT2D eigenvalue weighted by molar-refractivity contribution is -0.385. The fourth-order valence-corrected chi connectivity index (χ4v) is 1.47. The summed E-state index contributed by atoms with van der Waals surface area (Å²) in [7, 11) is 1.32. The molecule has 9 nitrogen and oxygen atoms in total. The minimum atomic E-state index is -0.923. The molecule has 9 heteroatoms. The summed E-state index contributed by atoms with van der Waals surface area (Å²) in [6.07, 6.45) is 1.19. The van der Waals surface area contributed by atoms with E-state index < -0.39 is 16.7 Å². The summed E-state index contributed by atoms with van der Waals surface area (Å²) in [6, 6.07) is 4.00. The molecular formula is C13H16N4O5. The van der Waals surface area contributed by atoms with E-state index in [0.717, 1.165) is 0 Å². The Morgan fingerprint density at radius 1 is 1.36 bits per heavy atom. The number of rotatable bonds is 5. The van der Waals surface area contributed by atoms with Gasteiger partial charge in [0.15, 0.2) is 5.75 Å². The Kier molecular flexibility index (Phi) is 5.99. The third-order valence-electron chi connectivity index (χ3n) is 2.41. The van der Waals surface area contributed by atoms with Crippen molar-refractivity contribution in [2.24, 2.45) is 5.10 Å². The Morgan fingerprint density at radius 3 is 2.59 bits per heavy atom. The van der Waals surface area contributed by atoms with E-state index in [4.69, 9.17) is 4.74 Å². The Balaban J connectivity index is 2.75. The van der Waals surface area contributed by atoms with E-state index in [1.165, 1.54) is 31.5 Å². The highest BCUT2D eigenvalue weighted by Crippen LogP contribution is 2.26. The first-order chi connectivity index (χ1) is 10.3. The van der Waals surface area contributed by atoms with Crippen molar-refractivity contribution in [2.75, 3.05) is 7.11 Å². The molecule has 0 saturated carbocycles. The van der Waals surface area contributed by atoms with Crippen molar-refractivity contribution in [1.82, 2.24) is 10.7 Å². The van der Waals surface area contributed by atoms with Crippen LogP contribution in [0, 0.1) is 10.1 Å². The highest BCUT2D eigenvalue weighted by atomic mass is 16.6. The highest BCUT2D eigenvalue weighted by molar-refractivity contribution is 6.35. The van der Waals surface area contributed by atoms with Crippen molar-refractivity contribution >= 4 is 23.7 Å². The summed E-state index contributed by atoms with van der Waals surface area (Å²) < 4.78 is 4.86. The van der Waals surface area contributed by atoms with Crippen LogP contribution in [0.2, 0.25) is 0 Å². The molecule has 0 spiro atoms. The SMILES string of the molecule is COc1ccc(/C=N/NC(=O)C(=O)NC(C)C)cc1[N+](=O)[O-]. The number of amides is 2. The monoisotopic (exact) mass is 308 g/mol. The van der Waals surface area contributed by atoms with Crippen molar-refractivity contribution < 1.29 is 19.2 Å². The van der Waals surface area contributed by atoms with E-state index in [1.54, 1.807) is 13.8 Å². The Hall–Kier alpha value is -2.97. The first kappa shape index (κ1) is 17.1. The fraction of sp³-hybridized carbons (Fsp3) is 0.308. The molecule has 0 bridgehead atoms. The number of hydrogen-bond acceptors (Lipinski definition) is 6. The van der Waals surface area contributed by atoms with E-state index in [1.807, 2.05) is 5.43 Å². The van der Waals surface area contributed by atoms with Gasteiger partial charge in [-0.2, -0.15) is 5.10 Å². The summed E-state index contributed by atoms with van der Waals surface area (Å²) in [5.74, 6) is -1.62. The summed E-state index contributed by atoms with van der Waals surface area (Å²) in [5.41, 5.74) is 2.18. The van der Waals surface area contributed by atoms with Crippen molar-refractivity contribution in [3.63, 3.8) is 0 Å². The van der Waals surface area contributed by atoms with Crippen LogP contribution < -0.4 is 15.5 Å². The Labute approximate surface area is 126 Å². The number of ether oxygens (including phenoxy) is 1. The van der Waals surface area contributed by atoms with Crippen molar-refractivity contribution in [2.45, 2.75) is 19.9 Å². The lowest BCUT2D eigenvalue weighted by Gasteiger charge is -2.06. The second kappa shape index (κ2) is 7.72. The van der Waals surface area contributed by atoms with Gasteiger partial charge in [0.1, 0.15) is 0 Å². The zero-order valence-corrected chi connectivity index (χ0v) is 12.3. The van der Waals surface area contributed by atoms with E-state index >= 15 is 0 Å². The molecule has 0 aromatic heterocycles. The van der Waals surface area contributed by atoms with Gasteiger partial charge in [0, 0.05) is 17.7 Å². The number of benzene rings is 1. The lowest BCUT2D eigenvalue weighted by atomic mass is 10.2. The van der Waals surface area contributed by atoms with Gasteiger partial charge in [-0.3, -0.25) is 19.7 Å². The fourth-order valence-electron chi connectivity index (χ4n) is 1.47.